The molecule has 2 aliphatic rings. The number of hydrogen-bond donors (Lipinski definition) is 1. The van der Waals surface area contributed by atoms with E-state index in [0.717, 1.165) is 25.7 Å². The Bertz CT molecular complexity index is 1090. The summed E-state index contributed by atoms with van der Waals surface area (Å²) >= 11 is 0. The first kappa shape index (κ1) is 20.1. The fourth-order valence-corrected chi connectivity index (χ4v) is 4.24. The van der Waals surface area contributed by atoms with E-state index < -0.39 is 11.9 Å². The minimum absolute atomic E-state index is 0.0963. The molecule has 32 heavy (non-hydrogen) atoms. The molecule has 0 unspecified atom stereocenters. The number of carbonyl (C=O) groups is 2. The van der Waals surface area contributed by atoms with Gasteiger partial charge >= 0.3 is 0 Å². The molecule has 1 aliphatic carbocycles. The van der Waals surface area contributed by atoms with Gasteiger partial charge in [-0.3, -0.25) is 19.5 Å². The third-order valence-corrected chi connectivity index (χ3v) is 5.79. The molecule has 0 spiro atoms. The molecule has 8 heteroatoms. The molecule has 0 radical (unpaired) electrons. The van der Waals surface area contributed by atoms with E-state index in [-0.39, 0.29) is 24.5 Å². The molecule has 1 fully saturated rings. The molecule has 8 nitrogen and oxygen atoms in total. The molecule has 1 aromatic carbocycles. The Balaban J connectivity index is 1.59. The van der Waals surface area contributed by atoms with Gasteiger partial charge in [0, 0.05) is 35.8 Å². The number of ether oxygens (including phenoxy) is 2. The fourth-order valence-electron chi connectivity index (χ4n) is 4.24. The zero-order valence-electron chi connectivity index (χ0n) is 17.4. The molecular weight excluding hydrogens is 410 g/mol. The predicted molar refractivity (Wildman–Crippen MR) is 115 cm³/mol. The van der Waals surface area contributed by atoms with E-state index in [4.69, 9.17) is 13.9 Å². The molecule has 1 atom stereocenters. The average molecular weight is 433 g/mol. The van der Waals surface area contributed by atoms with Crippen LogP contribution in [0.4, 0.5) is 5.69 Å². The summed E-state index contributed by atoms with van der Waals surface area (Å²) in [6.07, 6.45) is 8.70. The molecule has 3 aromatic rings. The highest BCUT2D eigenvalue weighted by Crippen LogP contribution is 2.38. The molecule has 1 N–H and O–H groups in total. The Kier molecular flexibility index (Phi) is 5.49. The van der Waals surface area contributed by atoms with Crippen LogP contribution < -0.4 is 19.7 Å². The fraction of sp³-hybridized carbons (Fsp3) is 0.292. The van der Waals surface area contributed by atoms with Gasteiger partial charge in [-0.25, -0.2) is 0 Å². The SMILES string of the molecule is O=C(NC1CCCC1)[C@H](c1cccnc1)N(C(=O)c1ccco1)c1ccc2c(c1)OCO2. The van der Waals surface area contributed by atoms with Crippen LogP contribution >= 0.6 is 0 Å². The van der Waals surface area contributed by atoms with E-state index in [1.54, 1.807) is 54.9 Å². The number of fused-ring (bicyclic) bond motifs is 1. The van der Waals surface area contributed by atoms with Gasteiger partial charge in [0.15, 0.2) is 17.3 Å². The third-order valence-electron chi connectivity index (χ3n) is 5.79. The minimum Gasteiger partial charge on any atom is -0.459 e. The maximum Gasteiger partial charge on any atom is 0.294 e. The standard InChI is InChI=1S/C24H23N3O5/c28-23(26-17-6-1-2-7-17)22(16-5-3-11-25-14-16)27(24(29)20-8-4-12-30-20)18-9-10-19-21(13-18)32-15-31-19/h3-5,8-14,17,22H,1-2,6-7,15H2,(H,26,28)/t22-/m0/s1. The molecule has 3 heterocycles. The van der Waals surface area contributed by atoms with Crippen molar-refractivity contribution in [3.8, 4) is 11.5 Å². The number of aromatic nitrogens is 1. The van der Waals surface area contributed by atoms with Crippen molar-refractivity contribution < 1.29 is 23.5 Å². The van der Waals surface area contributed by atoms with Crippen LogP contribution in [0.25, 0.3) is 0 Å². The second-order valence-corrected chi connectivity index (χ2v) is 7.87. The zero-order valence-corrected chi connectivity index (χ0v) is 17.4. The average Bonchev–Trinajstić information content (AvgIpc) is 3.60. The summed E-state index contributed by atoms with van der Waals surface area (Å²) in [5, 5.41) is 3.13. The molecular formula is C24H23N3O5. The number of rotatable bonds is 6. The van der Waals surface area contributed by atoms with Gasteiger partial charge in [-0.1, -0.05) is 18.9 Å². The molecule has 2 aromatic heterocycles. The predicted octanol–water partition coefficient (Wildman–Crippen LogP) is 3.85. The van der Waals surface area contributed by atoms with Crippen molar-refractivity contribution in [3.63, 3.8) is 0 Å². The maximum atomic E-state index is 13.6. The zero-order chi connectivity index (χ0) is 21.9. The maximum absolute atomic E-state index is 13.6. The molecule has 164 valence electrons. The largest absolute Gasteiger partial charge is 0.459 e. The van der Waals surface area contributed by atoms with Gasteiger partial charge in [0.05, 0.1) is 6.26 Å². The second-order valence-electron chi connectivity index (χ2n) is 7.87. The Hall–Kier alpha value is -3.81. The number of anilines is 1. The molecule has 0 bridgehead atoms. The molecule has 5 rings (SSSR count). The van der Waals surface area contributed by atoms with Crippen molar-refractivity contribution >= 4 is 17.5 Å². The smallest absolute Gasteiger partial charge is 0.294 e. The molecule has 2 amide bonds. The summed E-state index contributed by atoms with van der Waals surface area (Å²) in [7, 11) is 0. The highest BCUT2D eigenvalue weighted by molar-refractivity contribution is 6.08. The highest BCUT2D eigenvalue weighted by Gasteiger charge is 2.36. The Labute approximate surface area is 185 Å². The topological polar surface area (TPSA) is 93.9 Å². The number of hydrogen-bond acceptors (Lipinski definition) is 6. The first-order valence-electron chi connectivity index (χ1n) is 10.7. The summed E-state index contributed by atoms with van der Waals surface area (Å²) in [4.78, 5) is 32.8. The summed E-state index contributed by atoms with van der Waals surface area (Å²) in [6, 6.07) is 11.1. The van der Waals surface area contributed by atoms with Gasteiger partial charge in [0.2, 0.25) is 12.7 Å². The van der Waals surface area contributed by atoms with Gasteiger partial charge in [-0.05, 0) is 43.2 Å². The third kappa shape index (κ3) is 3.91. The summed E-state index contributed by atoms with van der Waals surface area (Å²) in [6.45, 7) is 0.110. The first-order valence-corrected chi connectivity index (χ1v) is 10.7. The van der Waals surface area contributed by atoms with Crippen molar-refractivity contribution in [2.24, 2.45) is 0 Å². The monoisotopic (exact) mass is 433 g/mol. The van der Waals surface area contributed by atoms with Gasteiger partial charge < -0.3 is 19.2 Å². The summed E-state index contributed by atoms with van der Waals surface area (Å²) in [5.41, 5.74) is 1.09. The lowest BCUT2D eigenvalue weighted by Gasteiger charge is -2.31. The lowest BCUT2D eigenvalue weighted by Crippen LogP contribution is -2.46. The Morgan fingerprint density at radius 3 is 2.66 bits per heavy atom. The molecule has 1 aliphatic heterocycles. The molecule has 0 saturated heterocycles. The first-order chi connectivity index (χ1) is 15.7. The number of amides is 2. The summed E-state index contributed by atoms with van der Waals surface area (Å²) in [5.74, 6) is 0.533. The van der Waals surface area contributed by atoms with E-state index in [1.807, 2.05) is 0 Å². The van der Waals surface area contributed by atoms with Crippen molar-refractivity contribution in [1.82, 2.24) is 10.3 Å². The van der Waals surface area contributed by atoms with Gasteiger partial charge in [-0.2, -0.15) is 0 Å². The van der Waals surface area contributed by atoms with Crippen LogP contribution in [0.1, 0.15) is 47.8 Å². The van der Waals surface area contributed by atoms with Crippen LogP contribution in [0.3, 0.4) is 0 Å². The minimum atomic E-state index is -0.942. The quantitative estimate of drug-likeness (QED) is 0.635. The Morgan fingerprint density at radius 2 is 1.91 bits per heavy atom. The van der Waals surface area contributed by atoms with Gasteiger partial charge in [0.1, 0.15) is 6.04 Å². The van der Waals surface area contributed by atoms with Crippen molar-refractivity contribution in [3.05, 3.63) is 72.4 Å². The van der Waals surface area contributed by atoms with E-state index in [9.17, 15) is 9.59 Å². The normalized spacial score (nSPS) is 16.0. The van der Waals surface area contributed by atoms with Crippen LogP contribution in [0.2, 0.25) is 0 Å². The van der Waals surface area contributed by atoms with Crippen LogP contribution in [0.5, 0.6) is 11.5 Å². The van der Waals surface area contributed by atoms with E-state index in [1.165, 1.54) is 11.2 Å². The van der Waals surface area contributed by atoms with Gasteiger partial charge in [-0.15, -0.1) is 0 Å². The Morgan fingerprint density at radius 1 is 1.06 bits per heavy atom. The van der Waals surface area contributed by atoms with Crippen LogP contribution in [0.15, 0.2) is 65.5 Å². The number of pyridine rings is 1. The second kappa shape index (κ2) is 8.74. The summed E-state index contributed by atoms with van der Waals surface area (Å²) < 4.78 is 16.3. The van der Waals surface area contributed by atoms with E-state index in [0.29, 0.717) is 22.7 Å². The highest BCUT2D eigenvalue weighted by atomic mass is 16.7. The number of nitrogens with zero attached hydrogens (tertiary/aromatic N) is 2. The van der Waals surface area contributed by atoms with Crippen LogP contribution in [-0.2, 0) is 4.79 Å². The number of furan rings is 1. The molecule has 1 saturated carbocycles. The van der Waals surface area contributed by atoms with E-state index >= 15 is 0 Å². The van der Waals surface area contributed by atoms with Crippen LogP contribution in [0, 0.1) is 0 Å². The van der Waals surface area contributed by atoms with Crippen molar-refractivity contribution in [2.75, 3.05) is 11.7 Å². The van der Waals surface area contributed by atoms with Crippen molar-refractivity contribution in [2.45, 2.75) is 37.8 Å². The number of benzene rings is 1. The van der Waals surface area contributed by atoms with E-state index in [2.05, 4.69) is 10.3 Å². The number of carbonyl (C=O) groups excluding carboxylic acids is 2. The number of nitrogens with one attached hydrogen (secondary N) is 1. The lowest BCUT2D eigenvalue weighted by molar-refractivity contribution is -0.123. The van der Waals surface area contributed by atoms with Crippen molar-refractivity contribution in [1.29, 1.82) is 0 Å². The van der Waals surface area contributed by atoms with Gasteiger partial charge in [0.25, 0.3) is 5.91 Å². The van der Waals surface area contributed by atoms with Crippen LogP contribution in [-0.4, -0.2) is 29.6 Å². The lowest BCUT2D eigenvalue weighted by atomic mass is 10.0.